The molecule has 3 N–H and O–H groups in total. The number of carbonyl (C=O) groups is 2. The van der Waals surface area contributed by atoms with Crippen LogP contribution in [0.4, 0.5) is 10.5 Å². The van der Waals surface area contributed by atoms with Gasteiger partial charge in [0.2, 0.25) is 0 Å². The van der Waals surface area contributed by atoms with Gasteiger partial charge in [-0.15, -0.1) is 0 Å². The van der Waals surface area contributed by atoms with Gasteiger partial charge in [-0.3, -0.25) is 4.79 Å². The number of hydrogen-bond donors (Lipinski definition) is 3. The number of amides is 2. The number of hydrogen-bond acceptors (Lipinski definition) is 5. The first-order valence-corrected chi connectivity index (χ1v) is 4.55. The van der Waals surface area contributed by atoms with E-state index in [2.05, 4.69) is 20.6 Å². The van der Waals surface area contributed by atoms with E-state index in [1.807, 2.05) is 0 Å². The standard InChI is InChI=1S/C9H9N5O3/c10-1-6(8(15)16)2-13-9(17)14-7-3-11-5-12-4-7/h3-6H,2H2,(H,15,16)(H2,13,14,17). The van der Waals surface area contributed by atoms with Crippen molar-refractivity contribution in [2.45, 2.75) is 0 Å². The highest BCUT2D eigenvalue weighted by atomic mass is 16.4. The van der Waals surface area contributed by atoms with Crippen LogP contribution < -0.4 is 10.6 Å². The number of nitrogens with zero attached hydrogens (tertiary/aromatic N) is 3. The van der Waals surface area contributed by atoms with Crippen LogP contribution in [0.1, 0.15) is 0 Å². The molecule has 0 aromatic carbocycles. The third kappa shape index (κ3) is 4.13. The Morgan fingerprint density at radius 2 is 2.12 bits per heavy atom. The lowest BCUT2D eigenvalue weighted by Gasteiger charge is -2.07. The van der Waals surface area contributed by atoms with Crippen LogP contribution in [0.3, 0.4) is 0 Å². The molecule has 0 aliphatic carbocycles. The van der Waals surface area contributed by atoms with Crippen LogP contribution >= 0.6 is 0 Å². The van der Waals surface area contributed by atoms with E-state index in [4.69, 9.17) is 10.4 Å². The smallest absolute Gasteiger partial charge is 0.322 e. The number of rotatable bonds is 4. The second-order valence-corrected chi connectivity index (χ2v) is 2.98. The van der Waals surface area contributed by atoms with E-state index in [1.165, 1.54) is 18.7 Å². The summed E-state index contributed by atoms with van der Waals surface area (Å²) in [5.41, 5.74) is 0.369. The van der Waals surface area contributed by atoms with Crippen LogP contribution in [0, 0.1) is 17.2 Å². The lowest BCUT2D eigenvalue weighted by atomic mass is 10.2. The van der Waals surface area contributed by atoms with Gasteiger partial charge in [-0.1, -0.05) is 0 Å². The third-order valence-electron chi connectivity index (χ3n) is 1.74. The minimum atomic E-state index is -1.28. The number of carbonyl (C=O) groups excluding carboxylic acids is 1. The molecule has 1 heterocycles. The van der Waals surface area contributed by atoms with Crippen LogP contribution in [0.25, 0.3) is 0 Å². The Balaban J connectivity index is 2.41. The first kappa shape index (κ1) is 12.4. The average Bonchev–Trinajstić information content (AvgIpc) is 2.30. The number of aliphatic carboxylic acids is 1. The zero-order valence-electron chi connectivity index (χ0n) is 8.62. The number of nitriles is 1. The highest BCUT2D eigenvalue weighted by Gasteiger charge is 2.17. The molecule has 0 saturated carbocycles. The molecule has 1 atom stereocenters. The Hall–Kier alpha value is -2.69. The maximum atomic E-state index is 11.3. The number of aromatic nitrogens is 2. The molecule has 0 aliphatic rings. The van der Waals surface area contributed by atoms with Crippen LogP contribution in [0.2, 0.25) is 0 Å². The average molecular weight is 235 g/mol. The summed E-state index contributed by atoms with van der Waals surface area (Å²) in [6, 6.07) is 0.930. The highest BCUT2D eigenvalue weighted by Crippen LogP contribution is 1.99. The molecule has 1 aromatic rings. The van der Waals surface area contributed by atoms with Crippen LogP contribution in [-0.2, 0) is 4.79 Å². The number of nitrogens with one attached hydrogen (secondary N) is 2. The van der Waals surface area contributed by atoms with Gasteiger partial charge < -0.3 is 15.7 Å². The van der Waals surface area contributed by atoms with Gasteiger partial charge in [0, 0.05) is 6.54 Å². The van der Waals surface area contributed by atoms with E-state index in [0.717, 1.165) is 0 Å². The van der Waals surface area contributed by atoms with E-state index in [9.17, 15) is 9.59 Å². The molecule has 0 spiro atoms. The maximum absolute atomic E-state index is 11.3. The van der Waals surface area contributed by atoms with E-state index in [-0.39, 0.29) is 6.54 Å². The Labute approximate surface area is 96.3 Å². The molecule has 0 radical (unpaired) electrons. The molecular weight excluding hydrogens is 226 g/mol. The highest BCUT2D eigenvalue weighted by molar-refractivity contribution is 5.89. The number of urea groups is 1. The molecule has 8 heteroatoms. The van der Waals surface area contributed by atoms with Crippen molar-refractivity contribution in [1.29, 1.82) is 5.26 Å². The zero-order chi connectivity index (χ0) is 12.7. The fourth-order valence-electron chi connectivity index (χ4n) is 0.922. The second-order valence-electron chi connectivity index (χ2n) is 2.98. The molecule has 2 amide bonds. The van der Waals surface area contributed by atoms with Gasteiger partial charge in [0.05, 0.1) is 24.2 Å². The summed E-state index contributed by atoms with van der Waals surface area (Å²) >= 11 is 0. The molecular formula is C9H9N5O3. The summed E-state index contributed by atoms with van der Waals surface area (Å²) in [6.45, 7) is -0.272. The second kappa shape index (κ2) is 6.02. The van der Waals surface area contributed by atoms with Gasteiger partial charge in [0.25, 0.3) is 0 Å². The van der Waals surface area contributed by atoms with Crippen molar-refractivity contribution in [2.24, 2.45) is 5.92 Å². The topological polar surface area (TPSA) is 128 Å². The predicted octanol–water partition coefficient (Wildman–Crippen LogP) is -0.178. The number of carboxylic acid groups (broad SMARTS) is 1. The van der Waals surface area contributed by atoms with Crippen molar-refractivity contribution in [1.82, 2.24) is 15.3 Å². The third-order valence-corrected chi connectivity index (χ3v) is 1.74. The summed E-state index contributed by atoms with van der Waals surface area (Å²) in [5.74, 6) is -2.55. The van der Waals surface area contributed by atoms with Gasteiger partial charge in [0.15, 0.2) is 5.92 Å². The molecule has 0 saturated heterocycles. The van der Waals surface area contributed by atoms with E-state index in [1.54, 1.807) is 6.07 Å². The van der Waals surface area contributed by atoms with Crippen molar-refractivity contribution >= 4 is 17.7 Å². The lowest BCUT2D eigenvalue weighted by molar-refractivity contribution is -0.139. The van der Waals surface area contributed by atoms with Gasteiger partial charge in [-0.25, -0.2) is 14.8 Å². The summed E-state index contributed by atoms with van der Waals surface area (Å²) in [7, 11) is 0. The van der Waals surface area contributed by atoms with Crippen molar-refractivity contribution in [2.75, 3.05) is 11.9 Å². The van der Waals surface area contributed by atoms with Gasteiger partial charge in [-0.05, 0) is 0 Å². The predicted molar refractivity (Wildman–Crippen MR) is 55.8 cm³/mol. The molecule has 0 aliphatic heterocycles. The van der Waals surface area contributed by atoms with Gasteiger partial charge in [0.1, 0.15) is 6.33 Å². The first-order chi connectivity index (χ1) is 8.13. The number of anilines is 1. The molecule has 0 fully saturated rings. The maximum Gasteiger partial charge on any atom is 0.322 e. The zero-order valence-corrected chi connectivity index (χ0v) is 8.62. The molecule has 1 rings (SSSR count). The van der Waals surface area contributed by atoms with Crippen LogP contribution in [-0.4, -0.2) is 33.6 Å². The quantitative estimate of drug-likeness (QED) is 0.664. The summed E-state index contributed by atoms with van der Waals surface area (Å²) in [5, 5.41) is 21.7. The monoisotopic (exact) mass is 235 g/mol. The van der Waals surface area contributed by atoms with Crippen molar-refractivity contribution in [3.8, 4) is 6.07 Å². The van der Waals surface area contributed by atoms with Gasteiger partial charge in [-0.2, -0.15) is 5.26 Å². The Kier molecular flexibility index (Phi) is 4.38. The Morgan fingerprint density at radius 3 is 2.65 bits per heavy atom. The van der Waals surface area contributed by atoms with E-state index in [0.29, 0.717) is 5.69 Å². The lowest BCUT2D eigenvalue weighted by Crippen LogP contribution is -2.35. The first-order valence-electron chi connectivity index (χ1n) is 4.55. The summed E-state index contributed by atoms with van der Waals surface area (Å²) in [4.78, 5) is 29.1. The number of carboxylic acids is 1. The van der Waals surface area contributed by atoms with E-state index < -0.39 is 17.9 Å². The van der Waals surface area contributed by atoms with Crippen LogP contribution in [0.15, 0.2) is 18.7 Å². The molecule has 1 aromatic heterocycles. The molecule has 1 unspecified atom stereocenters. The fraction of sp³-hybridized carbons (Fsp3) is 0.222. The SMILES string of the molecule is N#CC(CNC(=O)Nc1cncnc1)C(=O)O. The molecule has 17 heavy (non-hydrogen) atoms. The summed E-state index contributed by atoms with van der Waals surface area (Å²) < 4.78 is 0. The summed E-state index contributed by atoms with van der Waals surface area (Å²) in [6.07, 6.45) is 4.07. The fourth-order valence-corrected chi connectivity index (χ4v) is 0.922. The Morgan fingerprint density at radius 1 is 1.47 bits per heavy atom. The van der Waals surface area contributed by atoms with Crippen molar-refractivity contribution in [3.63, 3.8) is 0 Å². The van der Waals surface area contributed by atoms with Crippen LogP contribution in [0.5, 0.6) is 0 Å². The largest absolute Gasteiger partial charge is 0.480 e. The van der Waals surface area contributed by atoms with Crippen molar-refractivity contribution in [3.05, 3.63) is 18.7 Å². The minimum absolute atomic E-state index is 0.272. The Bertz CT molecular complexity index is 442. The molecule has 8 nitrogen and oxygen atoms in total. The normalized spacial score (nSPS) is 11.0. The molecule has 0 bridgehead atoms. The minimum Gasteiger partial charge on any atom is -0.480 e. The van der Waals surface area contributed by atoms with Crippen molar-refractivity contribution < 1.29 is 14.7 Å². The van der Waals surface area contributed by atoms with E-state index >= 15 is 0 Å². The van der Waals surface area contributed by atoms with Gasteiger partial charge >= 0.3 is 12.0 Å². The molecule has 88 valence electrons.